The molecule has 416 valence electrons. The van der Waals surface area contributed by atoms with E-state index >= 15 is 4.39 Å². The Kier molecular flexibility index (Phi) is 22.6. The molecule has 0 saturated carbocycles. The Morgan fingerprint density at radius 3 is 2.30 bits per heavy atom. The number of aliphatic hydroxyl groups is 1. The van der Waals surface area contributed by atoms with Crippen molar-refractivity contribution in [1.82, 2.24) is 40.0 Å². The van der Waals surface area contributed by atoms with E-state index in [-0.39, 0.29) is 121 Å². The number of nitrogens with one attached hydrogen (secondary N) is 1. The smallest absolute Gasteiger partial charge is 0.659 e. The van der Waals surface area contributed by atoms with Crippen LogP contribution in [0.2, 0.25) is 0 Å². The van der Waals surface area contributed by atoms with Crippen LogP contribution in [0.4, 0.5) is 14.6 Å². The van der Waals surface area contributed by atoms with Gasteiger partial charge in [-0.3, -0.25) is 14.6 Å². The number of carbonyl (C=O) groups excluding carboxylic acids is 2. The molecule has 79 heavy (non-hydrogen) atoms. The van der Waals surface area contributed by atoms with Crippen LogP contribution in [0, 0.1) is 36.8 Å². The number of likely N-dealkylation sites (tertiary alicyclic amines) is 3. The van der Waals surface area contributed by atoms with Crippen molar-refractivity contribution < 1.29 is 84.7 Å². The van der Waals surface area contributed by atoms with Crippen molar-refractivity contribution in [3.8, 4) is 45.8 Å². The summed E-state index contributed by atoms with van der Waals surface area (Å²) in [5.74, 6) is 2.36. The molecule has 8 heterocycles. The number of methoxy groups -OCH3 is 1. The van der Waals surface area contributed by atoms with Gasteiger partial charge in [0.15, 0.2) is 5.82 Å². The van der Waals surface area contributed by atoms with Gasteiger partial charge in [0.2, 0.25) is 11.8 Å². The van der Waals surface area contributed by atoms with Crippen LogP contribution < -0.4 is 66.3 Å². The largest absolute Gasteiger partial charge is 1.00 e. The van der Waals surface area contributed by atoms with E-state index in [1.807, 2.05) is 19.5 Å². The molecular formula is C60H75F2KN10O5S. The Labute approximate surface area is 510 Å². The van der Waals surface area contributed by atoms with Crippen LogP contribution in [0.25, 0.3) is 48.7 Å². The molecule has 3 aromatic carbocycles. The summed E-state index contributed by atoms with van der Waals surface area (Å²) >= 11 is 1.69. The van der Waals surface area contributed by atoms with Crippen LogP contribution in [0.1, 0.15) is 108 Å². The van der Waals surface area contributed by atoms with Gasteiger partial charge in [0.1, 0.15) is 35.1 Å². The van der Waals surface area contributed by atoms with E-state index in [2.05, 4.69) is 98.3 Å². The van der Waals surface area contributed by atoms with Gasteiger partial charge in [-0.2, -0.15) is 17.0 Å². The molecule has 2 bridgehead atoms. The summed E-state index contributed by atoms with van der Waals surface area (Å²) in [6.45, 7) is 16.9. The van der Waals surface area contributed by atoms with Gasteiger partial charge >= 0.3 is 57.4 Å². The summed E-state index contributed by atoms with van der Waals surface area (Å²) < 4.78 is 35.9. The summed E-state index contributed by atoms with van der Waals surface area (Å²) in [7, 11) is 3.28. The predicted molar refractivity (Wildman–Crippen MR) is 306 cm³/mol. The SMILES string of the molecule is C#Cc1c(F)ccc2cc(O)cc(-c3ncc4c(N5CC6CCC(C5)N6)nc(OC)nc4c3F)c12.CC(C)C.C[N-]C(C)c1ccc(-c2scnc2C)cc1.O=C(CN1C(=O)CCC1CCCN1CCCC1)N1CCC(O)C1.[K+]. The Balaban J connectivity index is 0.000000177. The van der Waals surface area contributed by atoms with Crippen LogP contribution in [0.15, 0.2) is 60.2 Å². The van der Waals surface area contributed by atoms with E-state index in [1.54, 1.807) is 21.1 Å². The van der Waals surface area contributed by atoms with Gasteiger partial charge in [-0.25, -0.2) is 13.8 Å². The third-order valence-corrected chi connectivity index (χ3v) is 16.0. The fourth-order valence-corrected chi connectivity index (χ4v) is 11.8. The normalized spacial score (nSPS) is 20.0. The molecule has 15 nitrogen and oxygen atoms in total. The molecule has 2 amide bonds. The van der Waals surface area contributed by atoms with Crippen LogP contribution in [0.3, 0.4) is 0 Å². The minimum Gasteiger partial charge on any atom is -0.659 e. The zero-order valence-corrected chi connectivity index (χ0v) is 51.1. The molecule has 5 aliphatic heterocycles. The second-order valence-corrected chi connectivity index (χ2v) is 22.5. The maximum atomic E-state index is 16.1. The van der Waals surface area contributed by atoms with Gasteiger partial charge < -0.3 is 45.2 Å². The van der Waals surface area contributed by atoms with E-state index in [4.69, 9.17) is 11.2 Å². The number of hydrogen-bond donors (Lipinski definition) is 3. The Morgan fingerprint density at radius 1 is 0.975 bits per heavy atom. The summed E-state index contributed by atoms with van der Waals surface area (Å²) in [6.07, 6.45) is 15.7. The van der Waals surface area contributed by atoms with E-state index in [9.17, 15) is 24.2 Å². The number of anilines is 1. The Bertz CT molecular complexity index is 3070. The van der Waals surface area contributed by atoms with E-state index in [0.717, 1.165) is 63.4 Å². The first-order valence-corrected chi connectivity index (χ1v) is 28.3. The number of aromatic nitrogens is 4. The number of phenols is 1. The fraction of sp³-hybridized carbons (Fsp3) is 0.500. The number of ether oxygens (including phenoxy) is 1. The van der Waals surface area contributed by atoms with E-state index in [1.165, 1.54) is 79.5 Å². The minimum absolute atomic E-state index is 0. The molecule has 5 saturated heterocycles. The van der Waals surface area contributed by atoms with Crippen molar-refractivity contribution in [2.45, 2.75) is 123 Å². The monoisotopic (exact) mass is 1120 g/mol. The number of carbonyl (C=O) groups is 2. The van der Waals surface area contributed by atoms with Crippen molar-refractivity contribution in [2.24, 2.45) is 5.92 Å². The van der Waals surface area contributed by atoms with Crippen molar-refractivity contribution in [2.75, 3.05) is 71.4 Å². The molecule has 19 heteroatoms. The second kappa shape index (κ2) is 28.8. The molecule has 6 aromatic rings. The zero-order chi connectivity index (χ0) is 55.6. The quantitative estimate of drug-likeness (QED) is 0.0843. The molecule has 5 aliphatic rings. The first kappa shape index (κ1) is 61.9. The molecular weight excluding hydrogens is 1050 g/mol. The van der Waals surface area contributed by atoms with Crippen molar-refractivity contribution in [3.63, 3.8) is 0 Å². The molecule has 5 fully saturated rings. The first-order chi connectivity index (χ1) is 37.5. The van der Waals surface area contributed by atoms with Gasteiger partial charge in [-0.05, 0) is 113 Å². The second-order valence-electron chi connectivity index (χ2n) is 21.7. The average molecular weight is 1130 g/mol. The number of aryl methyl sites for hydroxylation is 1. The van der Waals surface area contributed by atoms with Gasteiger partial charge in [0, 0.05) is 67.9 Å². The summed E-state index contributed by atoms with van der Waals surface area (Å²) in [6, 6.07) is 15.3. The third-order valence-electron chi connectivity index (χ3n) is 15.1. The summed E-state index contributed by atoms with van der Waals surface area (Å²) in [5, 5.41) is 28.9. The van der Waals surface area contributed by atoms with Gasteiger partial charge in [0.05, 0.1) is 40.2 Å². The number of thiazole rings is 1. The van der Waals surface area contributed by atoms with Crippen molar-refractivity contribution in [1.29, 1.82) is 0 Å². The molecule has 0 radical (unpaired) electrons. The number of aromatic hydroxyl groups is 1. The number of terminal acetylenes is 1. The molecule has 3 aromatic heterocycles. The first-order valence-electron chi connectivity index (χ1n) is 27.5. The van der Waals surface area contributed by atoms with Crippen molar-refractivity contribution in [3.05, 3.63) is 94.0 Å². The number of halogens is 2. The zero-order valence-electron chi connectivity index (χ0n) is 47.1. The standard InChI is InChI=1S/C26H21F2N5O2.C17H29N3O3.C13H15N2S.C4H10.K/c1-3-17-20(27)7-4-13-8-16(34)9-18(21(13)17)23-22(28)24-19(10-29-23)25(32-26(31-24)35-2)33-11-14-5-6-15(12-33)30-14;21-15-7-11-19(12-15)17(23)13-20-14(5-6-16(20)22)4-3-10-18-8-1-2-9-18;1-9(14-3)11-4-6-12(7-5-11)13-10(2)15-8-16-13;1-4(2)3;/h1,4,7-10,14-15,30,34H,5-6,11-12H2,2H3;14-15,21H,1-13H2;4-9H,1-3H3;4H,1-3H3;/q;;-1;;+1. The van der Waals surface area contributed by atoms with Gasteiger partial charge in [-0.1, -0.05) is 69.5 Å². The fourth-order valence-electron chi connectivity index (χ4n) is 11.0. The Hall–Kier alpha value is -4.72. The molecule has 5 atom stereocenters. The number of β-amino-alcohol motifs (C(OH)–C–C–N with tert-alkyl or cyclic N) is 1. The number of rotatable bonds is 12. The number of hydrogen-bond acceptors (Lipinski definition) is 13. The van der Waals surface area contributed by atoms with E-state index in [0.29, 0.717) is 54.6 Å². The number of aliphatic hydroxyl groups excluding tert-OH is 1. The van der Waals surface area contributed by atoms with Crippen molar-refractivity contribution >= 4 is 50.6 Å². The topological polar surface area (TPSA) is 174 Å². The number of phenolic OH excluding ortho intramolecular Hbond substituents is 1. The molecule has 5 unspecified atom stereocenters. The number of pyridine rings is 1. The maximum Gasteiger partial charge on any atom is 1.00 e. The number of fused-ring (bicyclic) bond motifs is 4. The number of piperazine rings is 1. The molecule has 3 N–H and O–H groups in total. The van der Waals surface area contributed by atoms with Gasteiger partial charge in [0.25, 0.3) is 0 Å². The number of benzene rings is 3. The number of nitrogens with zero attached hydrogens (tertiary/aromatic N) is 9. The molecule has 0 spiro atoms. The van der Waals surface area contributed by atoms with Gasteiger partial charge in [-0.15, -0.1) is 23.8 Å². The average Bonchev–Trinajstić information content (AvgIpc) is 4.37. The summed E-state index contributed by atoms with van der Waals surface area (Å²) in [4.78, 5) is 51.3. The van der Waals surface area contributed by atoms with E-state index < -0.39 is 17.7 Å². The Morgan fingerprint density at radius 2 is 1.68 bits per heavy atom. The minimum atomic E-state index is -0.735. The van der Waals surface area contributed by atoms with Crippen LogP contribution in [-0.2, 0) is 9.59 Å². The van der Waals surface area contributed by atoms with Crippen LogP contribution >= 0.6 is 11.3 Å². The molecule has 0 aliphatic carbocycles. The predicted octanol–water partition coefficient (Wildman–Crippen LogP) is 7.06. The van der Waals surface area contributed by atoms with Crippen LogP contribution in [0.5, 0.6) is 11.8 Å². The maximum absolute atomic E-state index is 16.1. The van der Waals surface area contributed by atoms with Crippen LogP contribution in [-0.4, -0.2) is 147 Å². The number of amides is 2. The summed E-state index contributed by atoms with van der Waals surface area (Å²) in [5.41, 5.74) is 5.56. The molecule has 11 rings (SSSR count). The third kappa shape index (κ3) is 15.4.